The molecule has 0 N–H and O–H groups in total. The number of carbonyl (C=O) groups excluding carboxylic acids is 1. The summed E-state index contributed by atoms with van der Waals surface area (Å²) in [4.78, 5) is 32.2. The Balaban J connectivity index is 4.00. The van der Waals surface area contributed by atoms with Crippen molar-refractivity contribution in [1.29, 1.82) is 0 Å². The van der Waals surface area contributed by atoms with Crippen LogP contribution in [0.4, 0.5) is 0 Å². The smallest absolute Gasteiger partial charge is 0.138 e. The lowest BCUT2D eigenvalue weighted by molar-refractivity contribution is -0.312. The molecule has 0 amide bonds. The fourth-order valence-electron chi connectivity index (χ4n) is 2.11. The van der Waals surface area contributed by atoms with Crippen LogP contribution in [-0.4, -0.2) is 11.9 Å². The molecule has 0 aliphatic heterocycles. The van der Waals surface area contributed by atoms with Gasteiger partial charge in [0, 0.05) is 12.6 Å². The summed E-state index contributed by atoms with van der Waals surface area (Å²) in [7, 11) is -4.71. The first-order valence-electron chi connectivity index (χ1n) is 8.07. The van der Waals surface area contributed by atoms with Gasteiger partial charge in [0.05, 0.1) is 0 Å². The lowest BCUT2D eigenvalue weighted by Gasteiger charge is -2.28. The van der Waals surface area contributed by atoms with Gasteiger partial charge in [-0.2, -0.15) is 0 Å². The monoisotopic (exact) mass is 340 g/mol. The van der Waals surface area contributed by atoms with Gasteiger partial charge in [-0.1, -0.05) is 42.5 Å². The largest absolute Gasteiger partial charge is 0.810 e. The molecule has 0 radical (unpaired) electrons. The van der Waals surface area contributed by atoms with Gasteiger partial charge in [-0.05, 0) is 59.8 Å². The van der Waals surface area contributed by atoms with Crippen molar-refractivity contribution in [2.45, 2.75) is 66.2 Å². The molecule has 132 valence electrons. The van der Waals surface area contributed by atoms with Crippen LogP contribution in [0.1, 0.15) is 66.2 Å². The molecule has 0 atom stereocenters. The van der Waals surface area contributed by atoms with E-state index in [0.717, 1.165) is 25.7 Å². The Morgan fingerprint density at radius 3 is 1.70 bits per heavy atom. The highest BCUT2D eigenvalue weighted by atomic mass is 31.2. The number of carbonyl (C=O) groups is 1. The van der Waals surface area contributed by atoms with E-state index in [0.29, 0.717) is 6.42 Å². The van der Waals surface area contributed by atoms with Crippen LogP contribution < -0.4 is 9.79 Å². The van der Waals surface area contributed by atoms with Crippen molar-refractivity contribution in [3.05, 3.63) is 34.9 Å². The Morgan fingerprint density at radius 2 is 1.26 bits per heavy atom. The molecule has 0 aliphatic carbocycles. The van der Waals surface area contributed by atoms with Gasteiger partial charge in [-0.3, -0.25) is 4.79 Å². The number of hydrogen-bond donors (Lipinski definition) is 0. The normalized spacial score (nSPS) is 13.1. The van der Waals surface area contributed by atoms with Crippen molar-refractivity contribution < 1.29 is 19.1 Å². The quantitative estimate of drug-likeness (QED) is 0.424. The Bertz CT molecular complexity index is 505. The third kappa shape index (κ3) is 15.7. The fraction of sp³-hybridized carbons (Fsp3) is 0.611. The average molecular weight is 340 g/mol. The molecule has 0 spiro atoms. The van der Waals surface area contributed by atoms with Gasteiger partial charge in [0.2, 0.25) is 0 Å². The van der Waals surface area contributed by atoms with Gasteiger partial charge in [0.15, 0.2) is 0 Å². The van der Waals surface area contributed by atoms with E-state index in [2.05, 4.69) is 32.9 Å². The molecule has 0 rings (SSSR count). The summed E-state index contributed by atoms with van der Waals surface area (Å²) < 4.78 is 10.5. The van der Waals surface area contributed by atoms with Crippen molar-refractivity contribution in [3.63, 3.8) is 0 Å². The summed E-state index contributed by atoms with van der Waals surface area (Å²) in [6.45, 7) is 8.35. The third-order valence-electron chi connectivity index (χ3n) is 3.41. The minimum Gasteiger partial charge on any atom is -0.810 e. The number of rotatable bonds is 11. The predicted octanol–water partition coefficient (Wildman–Crippen LogP) is 3.67. The molecular weight excluding hydrogens is 311 g/mol. The molecule has 0 heterocycles. The number of allylic oxidation sites excluding steroid dienone is 6. The van der Waals surface area contributed by atoms with Crippen molar-refractivity contribution in [2.75, 3.05) is 6.16 Å². The fourth-order valence-corrected chi connectivity index (χ4v) is 2.70. The summed E-state index contributed by atoms with van der Waals surface area (Å²) in [5.74, 6) is -0.502. The van der Waals surface area contributed by atoms with Gasteiger partial charge < -0.3 is 14.4 Å². The highest BCUT2D eigenvalue weighted by Gasteiger charge is 2.03. The summed E-state index contributed by atoms with van der Waals surface area (Å²) in [6, 6.07) is 0. The first-order chi connectivity index (χ1) is 10.6. The van der Waals surface area contributed by atoms with E-state index < -0.39 is 19.5 Å². The zero-order chi connectivity index (χ0) is 17.9. The van der Waals surface area contributed by atoms with E-state index in [-0.39, 0.29) is 6.42 Å². The summed E-state index contributed by atoms with van der Waals surface area (Å²) >= 11 is 0. The second kappa shape index (κ2) is 11.6. The lowest BCUT2D eigenvalue weighted by atomic mass is 10.1. The van der Waals surface area contributed by atoms with Crippen LogP contribution in [0.3, 0.4) is 0 Å². The SMILES string of the molecule is CC(C)=CCC/C(C)=C/CC/C(C)=C/CCC(=O)CP(=O)([O-])[O-]. The molecule has 0 bridgehead atoms. The molecule has 0 aliphatic rings. The maximum Gasteiger partial charge on any atom is 0.138 e. The first-order valence-corrected chi connectivity index (χ1v) is 9.80. The number of Topliss-reactive ketones (excluding diaryl/α,β-unsaturated/α-hetero) is 1. The average Bonchev–Trinajstić information content (AvgIpc) is 2.35. The van der Waals surface area contributed by atoms with E-state index in [1.165, 1.54) is 16.7 Å². The molecule has 0 fully saturated rings. The Kier molecular flexibility index (Phi) is 11.1. The molecule has 0 saturated carbocycles. The minimum absolute atomic E-state index is 0.114. The summed E-state index contributed by atoms with van der Waals surface area (Å²) in [5, 5.41) is 0. The van der Waals surface area contributed by atoms with Crippen LogP contribution in [-0.2, 0) is 9.36 Å². The Morgan fingerprint density at radius 1 is 0.826 bits per heavy atom. The van der Waals surface area contributed by atoms with Crippen LogP contribution in [0, 0.1) is 0 Å². The molecule has 23 heavy (non-hydrogen) atoms. The molecule has 0 unspecified atom stereocenters. The maximum absolute atomic E-state index is 11.3. The van der Waals surface area contributed by atoms with Gasteiger partial charge in [-0.15, -0.1) is 0 Å². The van der Waals surface area contributed by atoms with Crippen LogP contribution in [0.25, 0.3) is 0 Å². The second-order valence-corrected chi connectivity index (χ2v) is 7.84. The van der Waals surface area contributed by atoms with Gasteiger partial charge in [0.1, 0.15) is 5.78 Å². The van der Waals surface area contributed by atoms with Crippen molar-refractivity contribution in [1.82, 2.24) is 0 Å². The molecule has 4 nitrogen and oxygen atoms in total. The van der Waals surface area contributed by atoms with Crippen molar-refractivity contribution in [2.24, 2.45) is 0 Å². The third-order valence-corrected chi connectivity index (χ3v) is 4.15. The van der Waals surface area contributed by atoms with E-state index >= 15 is 0 Å². The zero-order valence-corrected chi connectivity index (χ0v) is 15.7. The predicted molar refractivity (Wildman–Crippen MR) is 92.1 cm³/mol. The highest BCUT2D eigenvalue weighted by molar-refractivity contribution is 7.49. The molecule has 0 saturated heterocycles. The summed E-state index contributed by atoms with van der Waals surface area (Å²) in [5.41, 5.74) is 3.90. The molecule has 0 aromatic heterocycles. The highest BCUT2D eigenvalue weighted by Crippen LogP contribution is 2.23. The molecule has 0 aromatic rings. The number of ketones is 1. The zero-order valence-electron chi connectivity index (χ0n) is 14.8. The van der Waals surface area contributed by atoms with E-state index in [1.54, 1.807) is 0 Å². The van der Waals surface area contributed by atoms with Gasteiger partial charge in [-0.25, -0.2) is 0 Å². The van der Waals surface area contributed by atoms with Crippen LogP contribution in [0.5, 0.6) is 0 Å². The maximum atomic E-state index is 11.3. The van der Waals surface area contributed by atoms with Crippen LogP contribution in [0.15, 0.2) is 34.9 Å². The van der Waals surface area contributed by atoms with Gasteiger partial charge in [0.25, 0.3) is 0 Å². The van der Waals surface area contributed by atoms with Gasteiger partial charge >= 0.3 is 0 Å². The van der Waals surface area contributed by atoms with Crippen molar-refractivity contribution >= 4 is 13.4 Å². The van der Waals surface area contributed by atoms with E-state index in [1.807, 2.05) is 13.0 Å². The van der Waals surface area contributed by atoms with E-state index in [9.17, 15) is 19.1 Å². The summed E-state index contributed by atoms with van der Waals surface area (Å²) in [6.07, 6.45) is 10.2. The standard InChI is InChI=1S/C18H31O4P/c1-15(2)8-5-9-16(3)10-6-11-17(4)12-7-13-18(19)14-23(20,21)22/h8,10,12H,5-7,9,11,13-14H2,1-4H3,(H2,20,21,22)/p-2/b16-10+,17-12+. The van der Waals surface area contributed by atoms with E-state index in [4.69, 9.17) is 0 Å². The molecular formula is C18H29O4P-2. The van der Waals surface area contributed by atoms with Crippen molar-refractivity contribution in [3.8, 4) is 0 Å². The number of hydrogen-bond acceptors (Lipinski definition) is 4. The topological polar surface area (TPSA) is 80.3 Å². The second-order valence-electron chi connectivity index (χ2n) is 6.31. The Labute approximate surface area is 140 Å². The lowest BCUT2D eigenvalue weighted by Crippen LogP contribution is -2.21. The molecule has 5 heteroatoms. The van der Waals surface area contributed by atoms with Crippen LogP contribution >= 0.6 is 7.60 Å². The minimum atomic E-state index is -4.71. The van der Waals surface area contributed by atoms with Crippen LogP contribution in [0.2, 0.25) is 0 Å². The Hall–Kier alpha value is -0.960. The first kappa shape index (κ1) is 22.0. The molecule has 0 aromatic carbocycles.